The Balaban J connectivity index is 2.24. The van der Waals surface area contributed by atoms with Crippen molar-refractivity contribution in [2.24, 2.45) is 0 Å². The van der Waals surface area contributed by atoms with Crippen molar-refractivity contribution >= 4 is 23.1 Å². The minimum absolute atomic E-state index is 0.136. The summed E-state index contributed by atoms with van der Waals surface area (Å²) in [5, 5.41) is 6.82. The van der Waals surface area contributed by atoms with Crippen LogP contribution in [0.5, 0.6) is 0 Å². The predicted molar refractivity (Wildman–Crippen MR) is 77.7 cm³/mol. The van der Waals surface area contributed by atoms with Crippen molar-refractivity contribution in [2.45, 2.75) is 33.1 Å². The van der Waals surface area contributed by atoms with Gasteiger partial charge in [-0.05, 0) is 42.4 Å². The van der Waals surface area contributed by atoms with E-state index in [9.17, 15) is 4.79 Å². The maximum Gasteiger partial charge on any atom is 0.269 e. The second kappa shape index (κ2) is 5.93. The lowest BCUT2D eigenvalue weighted by molar-refractivity contribution is 0.102. The summed E-state index contributed by atoms with van der Waals surface area (Å²) < 4.78 is 3.79. The van der Waals surface area contributed by atoms with E-state index in [1.165, 1.54) is 0 Å². The molecular formula is C14H17N3OS. The van der Waals surface area contributed by atoms with Crippen LogP contribution < -0.4 is 5.32 Å². The first-order chi connectivity index (χ1) is 9.13. The Bertz CT molecular complexity index is 580. The Kier molecular flexibility index (Phi) is 4.27. The maximum absolute atomic E-state index is 12.2. The van der Waals surface area contributed by atoms with E-state index in [0.29, 0.717) is 16.5 Å². The van der Waals surface area contributed by atoms with Gasteiger partial charge in [0, 0.05) is 5.69 Å². The smallest absolute Gasteiger partial charge is 0.269 e. The number of rotatable bonds is 4. The number of para-hydroxylation sites is 1. The van der Waals surface area contributed by atoms with E-state index >= 15 is 0 Å². The summed E-state index contributed by atoms with van der Waals surface area (Å²) in [6, 6.07) is 7.92. The van der Waals surface area contributed by atoms with Crippen molar-refractivity contribution in [3.8, 4) is 0 Å². The molecule has 0 fully saturated rings. The average Bonchev–Trinajstić information content (AvgIpc) is 2.85. The van der Waals surface area contributed by atoms with Gasteiger partial charge in [-0.15, -0.1) is 5.10 Å². The summed E-state index contributed by atoms with van der Waals surface area (Å²) in [5.41, 5.74) is 2.70. The van der Waals surface area contributed by atoms with Crippen LogP contribution in [0.15, 0.2) is 24.3 Å². The summed E-state index contributed by atoms with van der Waals surface area (Å²) in [7, 11) is 0. The molecule has 1 aromatic heterocycles. The van der Waals surface area contributed by atoms with E-state index in [1.54, 1.807) is 6.92 Å². The van der Waals surface area contributed by atoms with E-state index in [-0.39, 0.29) is 5.91 Å². The van der Waals surface area contributed by atoms with E-state index in [2.05, 4.69) is 34.8 Å². The SMILES string of the molecule is CCC(C)c1ccccc1NC(=O)c1snnc1C. The number of carbonyl (C=O) groups excluding carboxylic acids is 1. The Labute approximate surface area is 117 Å². The Morgan fingerprint density at radius 1 is 1.42 bits per heavy atom. The first-order valence-corrected chi connectivity index (χ1v) is 7.10. The summed E-state index contributed by atoms with van der Waals surface area (Å²) in [6.45, 7) is 6.09. The van der Waals surface area contributed by atoms with Crippen LogP contribution in [0.25, 0.3) is 0 Å². The van der Waals surface area contributed by atoms with Gasteiger partial charge in [-0.1, -0.05) is 36.5 Å². The van der Waals surface area contributed by atoms with Gasteiger partial charge in [0.05, 0.1) is 5.69 Å². The number of amides is 1. The topological polar surface area (TPSA) is 54.9 Å². The monoisotopic (exact) mass is 275 g/mol. The third-order valence-electron chi connectivity index (χ3n) is 3.21. The van der Waals surface area contributed by atoms with Gasteiger partial charge in [-0.2, -0.15) is 0 Å². The van der Waals surface area contributed by atoms with Gasteiger partial charge in [0.15, 0.2) is 0 Å². The molecule has 2 aromatic rings. The van der Waals surface area contributed by atoms with Crippen LogP contribution in [0.1, 0.15) is 47.1 Å². The molecular weight excluding hydrogens is 258 g/mol. The highest BCUT2D eigenvalue weighted by atomic mass is 32.1. The molecule has 19 heavy (non-hydrogen) atoms. The summed E-state index contributed by atoms with van der Waals surface area (Å²) in [5.74, 6) is 0.278. The molecule has 100 valence electrons. The van der Waals surface area contributed by atoms with Crippen molar-refractivity contribution in [1.29, 1.82) is 0 Å². The normalized spacial score (nSPS) is 12.2. The van der Waals surface area contributed by atoms with Gasteiger partial charge in [0.1, 0.15) is 4.88 Å². The number of nitrogens with zero attached hydrogens (tertiary/aromatic N) is 2. The molecule has 1 N–H and O–H groups in total. The molecule has 1 aromatic carbocycles. The van der Waals surface area contributed by atoms with Crippen molar-refractivity contribution in [3.63, 3.8) is 0 Å². The first-order valence-electron chi connectivity index (χ1n) is 6.32. The fourth-order valence-corrected chi connectivity index (χ4v) is 2.43. The number of aryl methyl sites for hydroxylation is 1. The van der Waals surface area contributed by atoms with Gasteiger partial charge >= 0.3 is 0 Å². The molecule has 4 nitrogen and oxygen atoms in total. The van der Waals surface area contributed by atoms with Gasteiger partial charge in [-0.3, -0.25) is 4.79 Å². The second-order valence-electron chi connectivity index (χ2n) is 4.54. The highest BCUT2D eigenvalue weighted by molar-refractivity contribution is 7.08. The lowest BCUT2D eigenvalue weighted by Gasteiger charge is -2.15. The summed E-state index contributed by atoms with van der Waals surface area (Å²) in [4.78, 5) is 12.7. The minimum atomic E-state index is -0.136. The molecule has 0 aliphatic heterocycles. The molecule has 0 saturated heterocycles. The molecule has 0 spiro atoms. The highest BCUT2D eigenvalue weighted by Gasteiger charge is 2.16. The summed E-state index contributed by atoms with van der Waals surface area (Å²) in [6.07, 6.45) is 1.04. The van der Waals surface area contributed by atoms with E-state index in [4.69, 9.17) is 0 Å². The largest absolute Gasteiger partial charge is 0.321 e. The zero-order chi connectivity index (χ0) is 13.8. The molecule has 0 bridgehead atoms. The first kappa shape index (κ1) is 13.7. The van der Waals surface area contributed by atoms with Crippen LogP contribution in [0.2, 0.25) is 0 Å². The molecule has 1 unspecified atom stereocenters. The molecule has 1 atom stereocenters. The van der Waals surface area contributed by atoms with Gasteiger partial charge in [0.25, 0.3) is 5.91 Å². The zero-order valence-corrected chi connectivity index (χ0v) is 12.1. The van der Waals surface area contributed by atoms with Crippen molar-refractivity contribution in [2.75, 3.05) is 5.32 Å². The third kappa shape index (κ3) is 2.98. The van der Waals surface area contributed by atoms with Crippen molar-refractivity contribution in [3.05, 3.63) is 40.4 Å². The zero-order valence-electron chi connectivity index (χ0n) is 11.3. The van der Waals surface area contributed by atoms with Gasteiger partial charge in [-0.25, -0.2) is 0 Å². The summed E-state index contributed by atoms with van der Waals surface area (Å²) >= 11 is 1.12. The highest BCUT2D eigenvalue weighted by Crippen LogP contribution is 2.27. The molecule has 2 rings (SSSR count). The molecule has 0 saturated carbocycles. The van der Waals surface area contributed by atoms with Crippen molar-refractivity contribution < 1.29 is 4.79 Å². The lowest BCUT2D eigenvalue weighted by atomic mass is 9.97. The number of benzene rings is 1. The number of aromatic nitrogens is 2. The van der Waals surface area contributed by atoms with Crippen LogP contribution in [0.4, 0.5) is 5.69 Å². The Morgan fingerprint density at radius 3 is 2.79 bits per heavy atom. The van der Waals surface area contributed by atoms with E-state index in [0.717, 1.165) is 29.2 Å². The molecule has 0 radical (unpaired) electrons. The fraction of sp³-hybridized carbons (Fsp3) is 0.357. The second-order valence-corrected chi connectivity index (χ2v) is 5.29. The predicted octanol–water partition coefficient (Wildman–Crippen LogP) is 3.61. The lowest BCUT2D eigenvalue weighted by Crippen LogP contribution is -2.13. The molecule has 0 aliphatic rings. The van der Waals surface area contributed by atoms with Crippen LogP contribution in [-0.4, -0.2) is 15.5 Å². The van der Waals surface area contributed by atoms with E-state index < -0.39 is 0 Å². The number of anilines is 1. The molecule has 1 heterocycles. The van der Waals surface area contributed by atoms with Crippen LogP contribution in [-0.2, 0) is 0 Å². The maximum atomic E-state index is 12.2. The third-order valence-corrected chi connectivity index (χ3v) is 4.04. The van der Waals surface area contributed by atoms with Crippen LogP contribution in [0.3, 0.4) is 0 Å². The fourth-order valence-electron chi connectivity index (χ4n) is 1.88. The number of hydrogen-bond acceptors (Lipinski definition) is 4. The quantitative estimate of drug-likeness (QED) is 0.927. The standard InChI is InChI=1S/C14H17N3OS/c1-4-9(2)11-7-5-6-8-12(11)15-14(18)13-10(3)16-17-19-13/h5-9H,4H2,1-3H3,(H,15,18). The molecule has 1 amide bonds. The van der Waals surface area contributed by atoms with Crippen LogP contribution in [0, 0.1) is 6.92 Å². The van der Waals surface area contributed by atoms with Gasteiger partial charge < -0.3 is 5.32 Å². The molecule has 0 aliphatic carbocycles. The number of hydrogen-bond donors (Lipinski definition) is 1. The average molecular weight is 275 g/mol. The van der Waals surface area contributed by atoms with E-state index in [1.807, 2.05) is 18.2 Å². The molecule has 5 heteroatoms. The Morgan fingerprint density at radius 2 is 2.16 bits per heavy atom. The van der Waals surface area contributed by atoms with Crippen LogP contribution >= 0.6 is 11.5 Å². The number of nitrogens with one attached hydrogen (secondary N) is 1. The minimum Gasteiger partial charge on any atom is -0.321 e. The van der Waals surface area contributed by atoms with Gasteiger partial charge in [0.2, 0.25) is 0 Å². The van der Waals surface area contributed by atoms with Crippen molar-refractivity contribution in [1.82, 2.24) is 9.59 Å². The number of carbonyl (C=O) groups is 1. The Hall–Kier alpha value is -1.75.